The number of aromatic nitrogens is 3. The SMILES string of the molecule is CNS(=O)(=O)c1cc(C(=O)NCCSc2n[nH]c(C)n2)ccc1OC. The van der Waals surface area contributed by atoms with Gasteiger partial charge in [0, 0.05) is 17.9 Å². The number of carbonyl (C=O) groups excluding carboxylic acids is 1. The number of aryl methyl sites for hydroxylation is 1. The van der Waals surface area contributed by atoms with Gasteiger partial charge in [-0.1, -0.05) is 11.8 Å². The van der Waals surface area contributed by atoms with Crippen LogP contribution >= 0.6 is 11.8 Å². The number of methoxy groups -OCH3 is 1. The second-order valence-corrected chi connectivity index (χ2v) is 7.80. The topological polar surface area (TPSA) is 126 Å². The van der Waals surface area contributed by atoms with Crippen molar-refractivity contribution in [1.82, 2.24) is 25.2 Å². The lowest BCUT2D eigenvalue weighted by Gasteiger charge is -2.11. The number of ether oxygens (including phenoxy) is 1. The summed E-state index contributed by atoms with van der Waals surface area (Å²) in [7, 11) is -1.07. The lowest BCUT2D eigenvalue weighted by Crippen LogP contribution is -2.26. The van der Waals surface area contributed by atoms with Crippen molar-refractivity contribution in [3.05, 3.63) is 29.6 Å². The van der Waals surface area contributed by atoms with Gasteiger partial charge in [-0.25, -0.2) is 18.1 Å². The van der Waals surface area contributed by atoms with Crippen molar-refractivity contribution in [2.45, 2.75) is 17.0 Å². The fraction of sp³-hybridized carbons (Fsp3) is 0.357. The highest BCUT2D eigenvalue weighted by molar-refractivity contribution is 7.99. The van der Waals surface area contributed by atoms with E-state index in [-0.39, 0.29) is 22.1 Å². The van der Waals surface area contributed by atoms with Gasteiger partial charge < -0.3 is 10.1 Å². The van der Waals surface area contributed by atoms with E-state index >= 15 is 0 Å². The molecule has 0 fully saturated rings. The van der Waals surface area contributed by atoms with Gasteiger partial charge >= 0.3 is 0 Å². The third-order valence-electron chi connectivity index (χ3n) is 3.18. The lowest BCUT2D eigenvalue weighted by atomic mass is 10.2. The lowest BCUT2D eigenvalue weighted by molar-refractivity contribution is 0.0956. The zero-order valence-electron chi connectivity index (χ0n) is 14.0. The van der Waals surface area contributed by atoms with E-state index in [9.17, 15) is 13.2 Å². The molecule has 0 radical (unpaired) electrons. The van der Waals surface area contributed by atoms with Crippen LogP contribution in [0.25, 0.3) is 0 Å². The van der Waals surface area contributed by atoms with Crippen LogP contribution in [0.3, 0.4) is 0 Å². The molecule has 1 aromatic heterocycles. The zero-order valence-corrected chi connectivity index (χ0v) is 15.6. The molecule has 1 amide bonds. The van der Waals surface area contributed by atoms with E-state index in [1.807, 2.05) is 0 Å². The van der Waals surface area contributed by atoms with Crippen LogP contribution in [0, 0.1) is 6.92 Å². The second kappa shape index (κ2) is 8.32. The molecule has 9 nitrogen and oxygen atoms in total. The van der Waals surface area contributed by atoms with E-state index in [0.29, 0.717) is 17.5 Å². The number of hydrogen-bond acceptors (Lipinski definition) is 7. The minimum Gasteiger partial charge on any atom is -0.495 e. The maximum absolute atomic E-state index is 12.2. The Morgan fingerprint density at radius 3 is 2.76 bits per heavy atom. The highest BCUT2D eigenvalue weighted by Crippen LogP contribution is 2.24. The number of H-pyrrole nitrogens is 1. The molecule has 0 aliphatic rings. The van der Waals surface area contributed by atoms with Crippen LogP contribution in [0.2, 0.25) is 0 Å². The summed E-state index contributed by atoms with van der Waals surface area (Å²) in [5.41, 5.74) is 0.230. The molecule has 0 saturated heterocycles. The summed E-state index contributed by atoms with van der Waals surface area (Å²) in [4.78, 5) is 16.3. The van der Waals surface area contributed by atoms with E-state index < -0.39 is 10.0 Å². The molecule has 0 aliphatic carbocycles. The molecular formula is C14H19N5O4S2. The highest BCUT2D eigenvalue weighted by Gasteiger charge is 2.20. The van der Waals surface area contributed by atoms with E-state index in [4.69, 9.17) is 4.74 Å². The highest BCUT2D eigenvalue weighted by atomic mass is 32.2. The minimum atomic E-state index is -3.73. The number of hydrogen-bond donors (Lipinski definition) is 3. The molecule has 1 aromatic carbocycles. The maximum Gasteiger partial charge on any atom is 0.251 e. The van der Waals surface area contributed by atoms with Crippen molar-refractivity contribution in [2.75, 3.05) is 26.5 Å². The number of nitrogens with zero attached hydrogens (tertiary/aromatic N) is 2. The van der Waals surface area contributed by atoms with Gasteiger partial charge in [0.15, 0.2) is 0 Å². The number of rotatable bonds is 8. The second-order valence-electron chi connectivity index (χ2n) is 4.88. The molecule has 25 heavy (non-hydrogen) atoms. The first kappa shape index (κ1) is 19.2. The maximum atomic E-state index is 12.2. The standard InChI is InChI=1S/C14H19N5O4S2/c1-9-17-14(19-18-9)24-7-6-16-13(20)10-4-5-11(23-3)12(8-10)25(21,22)15-2/h4-5,8,15H,6-7H2,1-3H3,(H,16,20)(H,17,18,19). The Hall–Kier alpha value is -2.11. The summed E-state index contributed by atoms with van der Waals surface area (Å²) in [5.74, 6) is 1.10. The first-order valence-corrected chi connectivity index (χ1v) is 9.76. The molecule has 2 rings (SSSR count). The average Bonchev–Trinajstić information content (AvgIpc) is 3.03. The summed E-state index contributed by atoms with van der Waals surface area (Å²) in [6, 6.07) is 4.24. The van der Waals surface area contributed by atoms with Gasteiger partial charge in [-0.3, -0.25) is 9.89 Å². The van der Waals surface area contributed by atoms with Crippen molar-refractivity contribution in [3.8, 4) is 5.75 Å². The number of nitrogens with one attached hydrogen (secondary N) is 3. The van der Waals surface area contributed by atoms with Crippen molar-refractivity contribution < 1.29 is 17.9 Å². The summed E-state index contributed by atoms with van der Waals surface area (Å²) < 4.78 is 31.3. The van der Waals surface area contributed by atoms with Crippen molar-refractivity contribution in [2.24, 2.45) is 0 Å². The number of aromatic amines is 1. The Kier molecular flexibility index (Phi) is 6.39. The van der Waals surface area contributed by atoms with E-state index in [1.165, 1.54) is 44.1 Å². The van der Waals surface area contributed by atoms with E-state index in [2.05, 4.69) is 25.2 Å². The number of carbonyl (C=O) groups is 1. The van der Waals surface area contributed by atoms with E-state index in [1.54, 1.807) is 6.92 Å². The van der Waals surface area contributed by atoms with Crippen LogP contribution < -0.4 is 14.8 Å². The molecular weight excluding hydrogens is 366 g/mol. The summed E-state index contributed by atoms with van der Waals surface area (Å²) >= 11 is 1.40. The molecule has 0 spiro atoms. The third kappa shape index (κ3) is 4.94. The van der Waals surface area contributed by atoms with Gasteiger partial charge in [0.05, 0.1) is 7.11 Å². The van der Waals surface area contributed by atoms with Crippen molar-refractivity contribution >= 4 is 27.7 Å². The summed E-state index contributed by atoms with van der Waals surface area (Å²) in [6.45, 7) is 2.19. The molecule has 11 heteroatoms. The van der Waals surface area contributed by atoms with Gasteiger partial charge in [0.1, 0.15) is 16.5 Å². The number of amides is 1. The third-order valence-corrected chi connectivity index (χ3v) is 5.46. The van der Waals surface area contributed by atoms with Crippen molar-refractivity contribution in [1.29, 1.82) is 0 Å². The predicted octanol–water partition coefficient (Wildman–Crippen LogP) is 0.552. The van der Waals surface area contributed by atoms with Crippen molar-refractivity contribution in [3.63, 3.8) is 0 Å². The smallest absolute Gasteiger partial charge is 0.251 e. The van der Waals surface area contributed by atoms with Crippen LogP contribution in [-0.2, 0) is 10.0 Å². The quantitative estimate of drug-likeness (QED) is 0.447. The largest absolute Gasteiger partial charge is 0.495 e. The first-order valence-electron chi connectivity index (χ1n) is 7.29. The number of thioether (sulfide) groups is 1. The Balaban J connectivity index is 2.00. The fourth-order valence-corrected chi connectivity index (χ4v) is 3.55. The van der Waals surface area contributed by atoms with Crippen LogP contribution in [0.15, 0.2) is 28.3 Å². The summed E-state index contributed by atoms with van der Waals surface area (Å²) in [5, 5.41) is 10.1. The Morgan fingerprint density at radius 1 is 1.40 bits per heavy atom. The monoisotopic (exact) mass is 385 g/mol. The van der Waals surface area contributed by atoms with Gasteiger partial charge in [0.25, 0.3) is 5.91 Å². The Bertz CT molecular complexity index is 851. The molecule has 0 unspecified atom stereocenters. The average molecular weight is 385 g/mol. The van der Waals surface area contributed by atoms with E-state index in [0.717, 1.165) is 5.82 Å². The van der Waals surface area contributed by atoms with Crippen LogP contribution in [0.4, 0.5) is 0 Å². The molecule has 0 aliphatic heterocycles. The fourth-order valence-electron chi connectivity index (χ4n) is 1.93. The molecule has 1 heterocycles. The van der Waals surface area contributed by atoms with Gasteiger partial charge in [-0.15, -0.1) is 5.10 Å². The molecule has 3 N–H and O–H groups in total. The Labute approximate surface area is 150 Å². The molecule has 0 bridgehead atoms. The normalized spacial score (nSPS) is 11.3. The number of benzene rings is 1. The molecule has 136 valence electrons. The Morgan fingerprint density at radius 2 is 2.16 bits per heavy atom. The number of sulfonamides is 1. The predicted molar refractivity (Wildman–Crippen MR) is 93.4 cm³/mol. The van der Waals surface area contributed by atoms with Gasteiger partial charge in [0.2, 0.25) is 15.2 Å². The molecule has 0 atom stereocenters. The summed E-state index contributed by atoms with van der Waals surface area (Å²) in [6.07, 6.45) is 0. The van der Waals surface area contributed by atoms with Crippen LogP contribution in [0.5, 0.6) is 5.75 Å². The minimum absolute atomic E-state index is 0.0873. The van der Waals surface area contributed by atoms with Gasteiger partial charge in [-0.2, -0.15) is 0 Å². The molecule has 0 saturated carbocycles. The van der Waals surface area contributed by atoms with Crippen LogP contribution in [0.1, 0.15) is 16.2 Å². The zero-order chi connectivity index (χ0) is 18.4. The van der Waals surface area contributed by atoms with Crippen LogP contribution in [-0.4, -0.2) is 56.0 Å². The molecule has 2 aromatic rings. The first-order chi connectivity index (χ1) is 11.9. The van der Waals surface area contributed by atoms with Gasteiger partial charge in [-0.05, 0) is 32.2 Å².